The predicted molar refractivity (Wildman–Crippen MR) is 55.7 cm³/mol. The van der Waals surface area contributed by atoms with E-state index in [4.69, 9.17) is 5.11 Å². The molecule has 5 heteroatoms. The first kappa shape index (κ1) is 11.4. The van der Waals surface area contributed by atoms with Crippen LogP contribution in [0.2, 0.25) is 0 Å². The third-order valence-corrected chi connectivity index (χ3v) is 3.57. The Kier molecular flexibility index (Phi) is 2.88. The van der Waals surface area contributed by atoms with Gasteiger partial charge in [0.2, 0.25) is 5.91 Å². The molecule has 3 N–H and O–H groups in total. The summed E-state index contributed by atoms with van der Waals surface area (Å²) in [6.45, 7) is 0.259. The molecule has 16 heavy (non-hydrogen) atoms. The monoisotopic (exact) mass is 227 g/mol. The number of carbonyl (C=O) groups excluding carboxylic acids is 1. The second-order valence-electron chi connectivity index (χ2n) is 4.94. The van der Waals surface area contributed by atoms with Gasteiger partial charge in [-0.1, -0.05) is 12.8 Å². The minimum Gasteiger partial charge on any atom is -0.481 e. The first-order valence-electron chi connectivity index (χ1n) is 5.75. The Morgan fingerprint density at radius 3 is 2.38 bits per heavy atom. The first-order chi connectivity index (χ1) is 7.52. The number of rotatable bonds is 4. The lowest BCUT2D eigenvalue weighted by Gasteiger charge is -2.22. The second-order valence-corrected chi connectivity index (χ2v) is 4.94. The zero-order valence-electron chi connectivity index (χ0n) is 9.11. The Bertz CT molecular complexity index is 309. The van der Waals surface area contributed by atoms with E-state index in [0.29, 0.717) is 6.42 Å². The van der Waals surface area contributed by atoms with E-state index in [-0.39, 0.29) is 18.4 Å². The van der Waals surface area contributed by atoms with E-state index in [2.05, 4.69) is 5.32 Å². The van der Waals surface area contributed by atoms with Crippen LogP contribution in [0.15, 0.2) is 0 Å². The lowest BCUT2D eigenvalue weighted by molar-refractivity contribution is -0.140. The summed E-state index contributed by atoms with van der Waals surface area (Å²) in [7, 11) is 0. The van der Waals surface area contributed by atoms with E-state index in [1.54, 1.807) is 0 Å². The fourth-order valence-electron chi connectivity index (χ4n) is 2.35. The van der Waals surface area contributed by atoms with Crippen molar-refractivity contribution in [3.05, 3.63) is 0 Å². The molecule has 2 aliphatic rings. The summed E-state index contributed by atoms with van der Waals surface area (Å²) in [6.07, 6.45) is 3.86. The molecule has 0 spiro atoms. The maximum Gasteiger partial charge on any atom is 0.307 e. The minimum atomic E-state index is -0.903. The van der Waals surface area contributed by atoms with Crippen LogP contribution in [0.25, 0.3) is 0 Å². The van der Waals surface area contributed by atoms with Gasteiger partial charge in [-0.25, -0.2) is 0 Å². The van der Waals surface area contributed by atoms with E-state index >= 15 is 0 Å². The van der Waals surface area contributed by atoms with Crippen LogP contribution in [0.3, 0.4) is 0 Å². The van der Waals surface area contributed by atoms with Gasteiger partial charge in [-0.3, -0.25) is 9.59 Å². The molecule has 0 unspecified atom stereocenters. The van der Waals surface area contributed by atoms with Gasteiger partial charge in [-0.2, -0.15) is 0 Å². The van der Waals surface area contributed by atoms with Gasteiger partial charge in [0.15, 0.2) is 0 Å². The number of amides is 1. The Labute approximate surface area is 93.8 Å². The molecule has 2 rings (SSSR count). The largest absolute Gasteiger partial charge is 0.481 e. The van der Waals surface area contributed by atoms with Gasteiger partial charge in [0.1, 0.15) is 0 Å². The van der Waals surface area contributed by atoms with Crippen LogP contribution in [-0.4, -0.2) is 34.2 Å². The maximum absolute atomic E-state index is 11.5. The van der Waals surface area contributed by atoms with Crippen molar-refractivity contribution >= 4 is 11.9 Å². The van der Waals surface area contributed by atoms with E-state index in [9.17, 15) is 14.7 Å². The van der Waals surface area contributed by atoms with Crippen molar-refractivity contribution in [1.29, 1.82) is 0 Å². The average Bonchev–Trinajstić information content (AvgIpc) is 2.93. The summed E-state index contributed by atoms with van der Waals surface area (Å²) < 4.78 is 0. The fourth-order valence-corrected chi connectivity index (χ4v) is 2.35. The molecule has 2 atom stereocenters. The topological polar surface area (TPSA) is 86.6 Å². The molecule has 90 valence electrons. The summed E-state index contributed by atoms with van der Waals surface area (Å²) in [5.74, 6) is -2.03. The van der Waals surface area contributed by atoms with Gasteiger partial charge in [0.25, 0.3) is 0 Å². The van der Waals surface area contributed by atoms with Crippen LogP contribution >= 0.6 is 0 Å². The van der Waals surface area contributed by atoms with Crippen molar-refractivity contribution in [2.45, 2.75) is 37.7 Å². The van der Waals surface area contributed by atoms with Gasteiger partial charge in [0, 0.05) is 6.54 Å². The summed E-state index contributed by atoms with van der Waals surface area (Å²) in [6, 6.07) is 0. The summed E-state index contributed by atoms with van der Waals surface area (Å²) in [4.78, 5) is 22.1. The molecule has 0 aromatic rings. The number of carbonyl (C=O) groups is 2. The van der Waals surface area contributed by atoms with Gasteiger partial charge in [-0.15, -0.1) is 0 Å². The highest BCUT2D eigenvalue weighted by molar-refractivity contribution is 5.89. The Morgan fingerprint density at radius 1 is 1.25 bits per heavy atom. The maximum atomic E-state index is 11.5. The smallest absolute Gasteiger partial charge is 0.307 e. The molecule has 5 nitrogen and oxygen atoms in total. The van der Waals surface area contributed by atoms with Crippen molar-refractivity contribution in [2.75, 3.05) is 6.54 Å². The molecule has 2 aliphatic carbocycles. The number of hydrogen-bond donors (Lipinski definition) is 3. The summed E-state index contributed by atoms with van der Waals surface area (Å²) in [5.41, 5.74) is -0.761. The molecule has 0 aromatic heterocycles. The Morgan fingerprint density at radius 2 is 1.88 bits per heavy atom. The van der Waals surface area contributed by atoms with Crippen molar-refractivity contribution in [3.63, 3.8) is 0 Å². The number of aliphatic hydroxyl groups is 1. The molecule has 0 heterocycles. The highest BCUT2D eigenvalue weighted by Gasteiger charge is 2.48. The first-order valence-corrected chi connectivity index (χ1v) is 5.75. The van der Waals surface area contributed by atoms with Crippen LogP contribution in [0.1, 0.15) is 32.1 Å². The Balaban J connectivity index is 1.75. The highest BCUT2D eigenvalue weighted by Crippen LogP contribution is 2.39. The van der Waals surface area contributed by atoms with Crippen molar-refractivity contribution in [3.8, 4) is 0 Å². The van der Waals surface area contributed by atoms with Gasteiger partial charge in [-0.05, 0) is 19.3 Å². The lowest BCUT2D eigenvalue weighted by atomic mass is 10.0. The third-order valence-electron chi connectivity index (χ3n) is 3.57. The summed E-state index contributed by atoms with van der Waals surface area (Å²) in [5, 5.41) is 21.3. The zero-order valence-corrected chi connectivity index (χ0v) is 9.11. The molecule has 2 fully saturated rings. The summed E-state index contributed by atoms with van der Waals surface area (Å²) >= 11 is 0. The molecule has 0 saturated heterocycles. The standard InChI is InChI=1S/C11H17NO4/c13-9(7-5-8(7)10(14)15)12-6-11(16)3-1-2-4-11/h7-8,16H,1-6H2,(H,12,13)(H,14,15)/t7-,8+/m1/s1. The average molecular weight is 227 g/mol. The van der Waals surface area contributed by atoms with Crippen LogP contribution in [0.5, 0.6) is 0 Å². The predicted octanol–water partition coefficient (Wildman–Crippen LogP) is 0.128. The van der Waals surface area contributed by atoms with Gasteiger partial charge < -0.3 is 15.5 Å². The molecular weight excluding hydrogens is 210 g/mol. The number of aliphatic carboxylic acids is 1. The van der Waals surface area contributed by atoms with Crippen molar-refractivity contribution in [1.82, 2.24) is 5.32 Å². The number of carboxylic acid groups (broad SMARTS) is 1. The van der Waals surface area contributed by atoms with E-state index < -0.39 is 17.5 Å². The third kappa shape index (κ3) is 2.35. The van der Waals surface area contributed by atoms with Gasteiger partial charge >= 0.3 is 5.97 Å². The van der Waals surface area contributed by atoms with E-state index in [1.807, 2.05) is 0 Å². The molecule has 0 aromatic carbocycles. The molecule has 0 radical (unpaired) electrons. The number of hydrogen-bond acceptors (Lipinski definition) is 3. The van der Waals surface area contributed by atoms with Gasteiger partial charge in [0.05, 0.1) is 17.4 Å². The Hall–Kier alpha value is -1.10. The molecule has 2 saturated carbocycles. The SMILES string of the molecule is O=C(O)[C@H]1C[C@H]1C(=O)NCC1(O)CCCC1. The van der Waals surface area contributed by atoms with Crippen molar-refractivity contribution in [2.24, 2.45) is 11.8 Å². The van der Waals surface area contributed by atoms with E-state index in [0.717, 1.165) is 25.7 Å². The molecule has 1 amide bonds. The quantitative estimate of drug-likeness (QED) is 0.637. The lowest BCUT2D eigenvalue weighted by Crippen LogP contribution is -2.41. The zero-order chi connectivity index (χ0) is 11.8. The number of nitrogens with one attached hydrogen (secondary N) is 1. The second kappa shape index (κ2) is 4.05. The van der Waals surface area contributed by atoms with Crippen LogP contribution in [0, 0.1) is 11.8 Å². The molecular formula is C11H17NO4. The van der Waals surface area contributed by atoms with Crippen LogP contribution < -0.4 is 5.32 Å². The molecule has 0 aliphatic heterocycles. The van der Waals surface area contributed by atoms with E-state index in [1.165, 1.54) is 0 Å². The number of carboxylic acids is 1. The van der Waals surface area contributed by atoms with Crippen molar-refractivity contribution < 1.29 is 19.8 Å². The minimum absolute atomic E-state index is 0.229. The fraction of sp³-hybridized carbons (Fsp3) is 0.818. The van der Waals surface area contributed by atoms with Crippen LogP contribution in [0.4, 0.5) is 0 Å². The van der Waals surface area contributed by atoms with Crippen LogP contribution in [-0.2, 0) is 9.59 Å². The normalized spacial score (nSPS) is 31.1. The molecule has 0 bridgehead atoms. The highest BCUT2D eigenvalue weighted by atomic mass is 16.4.